The van der Waals surface area contributed by atoms with Crippen molar-refractivity contribution in [3.63, 3.8) is 0 Å². The van der Waals surface area contributed by atoms with Crippen LogP contribution in [0.5, 0.6) is 17.2 Å². The lowest BCUT2D eigenvalue weighted by Gasteiger charge is -2.29. The number of benzene rings is 3. The molecule has 1 amide bonds. The summed E-state index contributed by atoms with van der Waals surface area (Å²) >= 11 is 1.46. The highest BCUT2D eigenvalue weighted by Gasteiger charge is 2.33. The van der Waals surface area contributed by atoms with E-state index in [1.54, 1.807) is 4.90 Å². The van der Waals surface area contributed by atoms with Crippen LogP contribution in [0, 0.1) is 0 Å². The Kier molecular flexibility index (Phi) is 5.64. The van der Waals surface area contributed by atoms with Crippen molar-refractivity contribution in [3.8, 4) is 17.2 Å². The van der Waals surface area contributed by atoms with Gasteiger partial charge in [-0.05, 0) is 42.8 Å². The van der Waals surface area contributed by atoms with Crippen LogP contribution in [0.15, 0.2) is 72.8 Å². The summed E-state index contributed by atoms with van der Waals surface area (Å²) in [5.41, 5.74) is 1.83. The minimum absolute atomic E-state index is 0.153. The zero-order valence-electron chi connectivity index (χ0n) is 17.6. The Morgan fingerprint density at radius 2 is 1.88 bits per heavy atom. The first kappa shape index (κ1) is 20.3. The average molecular weight is 447 g/mol. The van der Waals surface area contributed by atoms with Crippen molar-refractivity contribution in [3.05, 3.63) is 78.4 Å². The molecule has 2 heterocycles. The normalized spacial score (nSPS) is 14.8. The van der Waals surface area contributed by atoms with E-state index in [1.807, 2.05) is 79.7 Å². The van der Waals surface area contributed by atoms with Crippen LogP contribution in [0.3, 0.4) is 0 Å². The van der Waals surface area contributed by atoms with Gasteiger partial charge in [-0.3, -0.25) is 9.69 Å². The molecule has 3 aromatic carbocycles. The quantitative estimate of drug-likeness (QED) is 0.414. The summed E-state index contributed by atoms with van der Waals surface area (Å²) in [7, 11) is 0. The summed E-state index contributed by atoms with van der Waals surface area (Å²) in [6.07, 6.45) is -0.750. The Bertz CT molecular complexity index is 1240. The molecule has 32 heavy (non-hydrogen) atoms. The van der Waals surface area contributed by atoms with Crippen LogP contribution < -0.4 is 19.1 Å². The molecule has 7 heteroatoms. The molecule has 4 aromatic rings. The molecule has 0 radical (unpaired) electrons. The van der Waals surface area contributed by atoms with Crippen LogP contribution in [0.1, 0.15) is 12.5 Å². The number of nitrogens with zero attached hydrogens (tertiary/aromatic N) is 2. The van der Waals surface area contributed by atoms with Gasteiger partial charge in [0.1, 0.15) is 12.4 Å². The van der Waals surface area contributed by atoms with Gasteiger partial charge in [-0.15, -0.1) is 0 Å². The molecule has 1 atom stereocenters. The second-order valence-corrected chi connectivity index (χ2v) is 8.34. The molecule has 0 saturated carbocycles. The highest BCUT2D eigenvalue weighted by Crippen LogP contribution is 2.35. The largest absolute Gasteiger partial charge is 0.494 e. The monoisotopic (exact) mass is 446 g/mol. The summed E-state index contributed by atoms with van der Waals surface area (Å²) < 4.78 is 18.4. The molecule has 0 aliphatic carbocycles. The molecule has 6 nitrogen and oxygen atoms in total. The predicted molar refractivity (Wildman–Crippen MR) is 125 cm³/mol. The molecular formula is C25H22N2O4S. The lowest BCUT2D eigenvalue weighted by molar-refractivity contribution is -0.127. The third kappa shape index (κ3) is 4.11. The number of para-hydroxylation sites is 2. The molecule has 0 fully saturated rings. The van der Waals surface area contributed by atoms with Crippen molar-refractivity contribution in [1.82, 2.24) is 4.98 Å². The maximum Gasteiger partial charge on any atom is 0.273 e. The molecule has 0 saturated heterocycles. The molecule has 0 bridgehead atoms. The van der Waals surface area contributed by atoms with Crippen molar-refractivity contribution in [2.24, 2.45) is 0 Å². The van der Waals surface area contributed by atoms with Crippen LogP contribution in [0.25, 0.3) is 10.2 Å². The van der Waals surface area contributed by atoms with Gasteiger partial charge in [0.2, 0.25) is 6.10 Å². The van der Waals surface area contributed by atoms with Crippen molar-refractivity contribution in [1.29, 1.82) is 0 Å². The summed E-state index contributed by atoms with van der Waals surface area (Å²) in [6, 6.07) is 23.0. The fourth-order valence-electron chi connectivity index (χ4n) is 3.59. The number of carbonyl (C=O) groups is 1. The number of fused-ring (bicyclic) bond motifs is 2. The average Bonchev–Trinajstić information content (AvgIpc) is 3.26. The van der Waals surface area contributed by atoms with E-state index in [4.69, 9.17) is 19.2 Å². The minimum Gasteiger partial charge on any atom is -0.494 e. The van der Waals surface area contributed by atoms with Crippen molar-refractivity contribution >= 4 is 32.6 Å². The Labute approximate surface area is 190 Å². The fourth-order valence-corrected chi connectivity index (χ4v) is 4.58. The lowest BCUT2D eigenvalue weighted by atomic mass is 10.2. The van der Waals surface area contributed by atoms with E-state index in [-0.39, 0.29) is 12.5 Å². The van der Waals surface area contributed by atoms with E-state index in [0.717, 1.165) is 21.5 Å². The van der Waals surface area contributed by atoms with Crippen LogP contribution >= 0.6 is 11.3 Å². The third-order valence-corrected chi connectivity index (χ3v) is 6.17. The van der Waals surface area contributed by atoms with Gasteiger partial charge in [0.25, 0.3) is 5.91 Å². The third-order valence-electron chi connectivity index (χ3n) is 5.12. The fraction of sp³-hybridized carbons (Fsp3) is 0.200. The van der Waals surface area contributed by atoms with E-state index < -0.39 is 6.10 Å². The lowest BCUT2D eigenvalue weighted by Crippen LogP contribution is -2.46. The second-order valence-electron chi connectivity index (χ2n) is 7.33. The number of rotatable bonds is 6. The Hall–Kier alpha value is -3.58. The first-order valence-electron chi connectivity index (χ1n) is 10.5. The number of ether oxygens (including phenoxy) is 3. The summed E-state index contributed by atoms with van der Waals surface area (Å²) in [6.45, 7) is 3.09. The van der Waals surface area contributed by atoms with E-state index in [1.165, 1.54) is 11.3 Å². The SMILES string of the molecule is CCOc1ccc2nc(N(Cc3ccccc3)C(=O)C3COc4ccccc4O3)sc2c1. The van der Waals surface area contributed by atoms with Crippen LogP contribution in [0.4, 0.5) is 5.13 Å². The number of carbonyl (C=O) groups excluding carboxylic acids is 1. The van der Waals surface area contributed by atoms with Gasteiger partial charge >= 0.3 is 0 Å². The van der Waals surface area contributed by atoms with Crippen LogP contribution in [-0.4, -0.2) is 30.2 Å². The Morgan fingerprint density at radius 1 is 1.09 bits per heavy atom. The zero-order chi connectivity index (χ0) is 21.9. The second kappa shape index (κ2) is 8.88. The Morgan fingerprint density at radius 3 is 2.69 bits per heavy atom. The Balaban J connectivity index is 1.48. The number of amides is 1. The molecule has 0 spiro atoms. The van der Waals surface area contributed by atoms with Gasteiger partial charge in [0, 0.05) is 0 Å². The van der Waals surface area contributed by atoms with Crippen molar-refractivity contribution < 1.29 is 19.0 Å². The van der Waals surface area contributed by atoms with E-state index in [2.05, 4.69) is 0 Å². The maximum atomic E-state index is 13.6. The molecule has 1 aliphatic rings. The van der Waals surface area contributed by atoms with Gasteiger partial charge in [-0.25, -0.2) is 4.98 Å². The maximum absolute atomic E-state index is 13.6. The molecule has 162 valence electrons. The molecule has 1 aliphatic heterocycles. The van der Waals surface area contributed by atoms with E-state index in [9.17, 15) is 4.79 Å². The van der Waals surface area contributed by atoms with Gasteiger partial charge in [0.15, 0.2) is 16.6 Å². The molecule has 1 unspecified atom stereocenters. The standard InChI is InChI=1S/C25H22N2O4S/c1-2-29-18-12-13-19-23(14-18)32-25(26-19)27(15-17-8-4-3-5-9-17)24(28)22-16-30-20-10-6-7-11-21(20)31-22/h3-14,22H,2,15-16H2,1H3. The highest BCUT2D eigenvalue weighted by atomic mass is 32.1. The smallest absolute Gasteiger partial charge is 0.273 e. The van der Waals surface area contributed by atoms with Crippen molar-refractivity contribution in [2.75, 3.05) is 18.1 Å². The first-order chi connectivity index (χ1) is 15.7. The molecular weight excluding hydrogens is 424 g/mol. The molecule has 5 rings (SSSR count). The summed E-state index contributed by atoms with van der Waals surface area (Å²) in [5, 5.41) is 0.616. The van der Waals surface area contributed by atoms with Gasteiger partial charge in [-0.1, -0.05) is 53.8 Å². The highest BCUT2D eigenvalue weighted by molar-refractivity contribution is 7.22. The number of aromatic nitrogens is 1. The summed E-state index contributed by atoms with van der Waals surface area (Å²) in [5.74, 6) is 1.82. The number of hydrogen-bond donors (Lipinski definition) is 0. The topological polar surface area (TPSA) is 60.9 Å². The molecule has 1 aromatic heterocycles. The number of anilines is 1. The van der Waals surface area contributed by atoms with E-state index >= 15 is 0 Å². The zero-order valence-corrected chi connectivity index (χ0v) is 18.4. The summed E-state index contributed by atoms with van der Waals surface area (Å²) in [4.78, 5) is 20.0. The van der Waals surface area contributed by atoms with Gasteiger partial charge in [0.05, 0.1) is 23.4 Å². The predicted octanol–water partition coefficient (Wildman–Crippen LogP) is 5.07. The first-order valence-corrected chi connectivity index (χ1v) is 11.3. The van der Waals surface area contributed by atoms with Gasteiger partial charge < -0.3 is 14.2 Å². The number of hydrogen-bond acceptors (Lipinski definition) is 6. The van der Waals surface area contributed by atoms with Crippen LogP contribution in [-0.2, 0) is 11.3 Å². The number of thiazole rings is 1. The van der Waals surface area contributed by atoms with Crippen LogP contribution in [0.2, 0.25) is 0 Å². The van der Waals surface area contributed by atoms with Crippen molar-refractivity contribution in [2.45, 2.75) is 19.6 Å². The van der Waals surface area contributed by atoms with Gasteiger partial charge in [-0.2, -0.15) is 0 Å². The molecule has 0 N–H and O–H groups in total. The van der Waals surface area contributed by atoms with E-state index in [0.29, 0.717) is 29.8 Å². The minimum atomic E-state index is -0.750.